The van der Waals surface area contributed by atoms with Crippen LogP contribution in [0.25, 0.3) is 0 Å². The number of anilines is 2. The summed E-state index contributed by atoms with van der Waals surface area (Å²) in [5, 5.41) is 14.2. The van der Waals surface area contributed by atoms with Gasteiger partial charge in [0.15, 0.2) is 9.84 Å². The molecule has 0 aliphatic rings. The van der Waals surface area contributed by atoms with Crippen molar-refractivity contribution < 1.29 is 23.1 Å². The van der Waals surface area contributed by atoms with Crippen LogP contribution in [0.1, 0.15) is 42.1 Å². The number of carbonyl (C=O) groups is 2. The molecule has 1 atom stereocenters. The molecule has 7 nitrogen and oxygen atoms in total. The van der Waals surface area contributed by atoms with E-state index in [1.54, 1.807) is 49.4 Å². The third-order valence-electron chi connectivity index (χ3n) is 5.43. The van der Waals surface area contributed by atoms with Crippen molar-refractivity contribution in [3.8, 4) is 5.75 Å². The second kappa shape index (κ2) is 11.4. The first-order chi connectivity index (χ1) is 16.6. The van der Waals surface area contributed by atoms with Gasteiger partial charge in [-0.1, -0.05) is 61.7 Å². The van der Waals surface area contributed by atoms with Gasteiger partial charge in [-0.3, -0.25) is 9.59 Å². The van der Waals surface area contributed by atoms with Crippen LogP contribution in [-0.2, 0) is 14.6 Å². The van der Waals surface area contributed by atoms with Crippen LogP contribution in [0.5, 0.6) is 5.75 Å². The van der Waals surface area contributed by atoms with E-state index < -0.39 is 26.9 Å². The van der Waals surface area contributed by atoms with Crippen LogP contribution in [0.15, 0.2) is 71.6 Å². The summed E-state index contributed by atoms with van der Waals surface area (Å²) in [5.41, 5.74) is 1.24. The molecule has 0 radical (unpaired) electrons. The first kappa shape index (κ1) is 26.2. The van der Waals surface area contributed by atoms with Crippen LogP contribution >= 0.6 is 11.6 Å². The number of aryl methyl sites for hydroxylation is 1. The van der Waals surface area contributed by atoms with E-state index in [4.69, 9.17) is 11.6 Å². The van der Waals surface area contributed by atoms with Crippen molar-refractivity contribution in [2.75, 3.05) is 10.6 Å². The molecule has 184 valence electrons. The number of rotatable bonds is 9. The minimum absolute atomic E-state index is 0.0294. The highest BCUT2D eigenvalue weighted by Crippen LogP contribution is 2.35. The minimum atomic E-state index is -3.97. The lowest BCUT2D eigenvalue weighted by molar-refractivity contribution is -0.116. The molecule has 0 aliphatic carbocycles. The molecule has 9 heteroatoms. The number of nitrogens with one attached hydrogen (secondary N) is 2. The molecule has 0 saturated heterocycles. The molecular weight excluding hydrogens is 488 g/mol. The van der Waals surface area contributed by atoms with Crippen molar-refractivity contribution in [2.45, 2.75) is 43.3 Å². The lowest BCUT2D eigenvalue weighted by Gasteiger charge is -2.19. The van der Waals surface area contributed by atoms with E-state index in [-0.39, 0.29) is 33.5 Å². The van der Waals surface area contributed by atoms with Crippen LogP contribution in [0.4, 0.5) is 11.4 Å². The maximum absolute atomic E-state index is 13.3. The number of phenols is 1. The summed E-state index contributed by atoms with van der Waals surface area (Å²) < 4.78 is 26.6. The zero-order chi connectivity index (χ0) is 25.6. The Balaban J connectivity index is 1.84. The predicted molar refractivity (Wildman–Crippen MR) is 138 cm³/mol. The number of benzene rings is 3. The van der Waals surface area contributed by atoms with Gasteiger partial charge < -0.3 is 15.7 Å². The van der Waals surface area contributed by atoms with Gasteiger partial charge in [-0.25, -0.2) is 8.42 Å². The van der Waals surface area contributed by atoms with E-state index in [1.165, 1.54) is 24.3 Å². The Morgan fingerprint density at radius 3 is 2.34 bits per heavy atom. The highest BCUT2D eigenvalue weighted by molar-refractivity contribution is 7.92. The first-order valence-corrected chi connectivity index (χ1v) is 13.1. The summed E-state index contributed by atoms with van der Waals surface area (Å²) >= 11 is 6.31. The van der Waals surface area contributed by atoms with Crippen molar-refractivity contribution in [3.05, 3.63) is 82.9 Å². The summed E-state index contributed by atoms with van der Waals surface area (Å²) in [4.78, 5) is 25.6. The highest BCUT2D eigenvalue weighted by atomic mass is 35.5. The Bertz CT molecular complexity index is 1330. The minimum Gasteiger partial charge on any atom is -0.506 e. The van der Waals surface area contributed by atoms with Gasteiger partial charge in [-0.2, -0.15) is 0 Å². The monoisotopic (exact) mass is 514 g/mol. The normalized spacial score (nSPS) is 12.1. The zero-order valence-electron chi connectivity index (χ0n) is 19.4. The highest BCUT2D eigenvalue weighted by Gasteiger charge is 2.34. The van der Waals surface area contributed by atoms with Gasteiger partial charge in [0.1, 0.15) is 11.0 Å². The SMILES string of the molecule is CCCCC(C(=O)Nc1cc(O)c(NC(=O)c2ccccc2)cc1Cl)S(=O)(=O)c1cccc(C)c1. The Morgan fingerprint density at radius 1 is 0.971 bits per heavy atom. The quantitative estimate of drug-likeness (QED) is 0.323. The van der Waals surface area contributed by atoms with Crippen LogP contribution in [0, 0.1) is 6.92 Å². The first-order valence-electron chi connectivity index (χ1n) is 11.1. The lowest BCUT2D eigenvalue weighted by atomic mass is 10.1. The topological polar surface area (TPSA) is 113 Å². The smallest absolute Gasteiger partial charge is 0.255 e. The van der Waals surface area contributed by atoms with Gasteiger partial charge >= 0.3 is 0 Å². The van der Waals surface area contributed by atoms with E-state index in [0.29, 0.717) is 18.4 Å². The van der Waals surface area contributed by atoms with E-state index in [9.17, 15) is 23.1 Å². The number of hydrogen-bond acceptors (Lipinski definition) is 5. The van der Waals surface area contributed by atoms with Crippen molar-refractivity contribution in [2.24, 2.45) is 0 Å². The van der Waals surface area contributed by atoms with Gasteiger partial charge in [0.25, 0.3) is 5.91 Å². The molecule has 0 aromatic heterocycles. The number of sulfone groups is 1. The molecule has 0 spiro atoms. The average Bonchev–Trinajstić information content (AvgIpc) is 2.83. The zero-order valence-corrected chi connectivity index (χ0v) is 21.0. The standard InChI is InChI=1S/C26H27ClN2O5S/c1-3-4-13-24(35(33,34)19-12-8-9-17(2)14-19)26(32)28-21-16-23(30)22(15-20(21)27)29-25(31)18-10-6-5-7-11-18/h5-12,14-16,24,30H,3-4,13H2,1-2H3,(H,28,32)(H,29,31). The predicted octanol–water partition coefficient (Wildman–Crippen LogP) is 5.58. The molecule has 3 N–H and O–H groups in total. The fourth-order valence-corrected chi connectivity index (χ4v) is 5.50. The molecule has 0 heterocycles. The van der Waals surface area contributed by atoms with Gasteiger partial charge in [-0.15, -0.1) is 0 Å². The van der Waals surface area contributed by atoms with Crippen molar-refractivity contribution in [1.29, 1.82) is 0 Å². The third kappa shape index (κ3) is 6.41. The summed E-state index contributed by atoms with van der Waals surface area (Å²) in [6.45, 7) is 3.69. The van der Waals surface area contributed by atoms with E-state index in [2.05, 4.69) is 10.6 Å². The van der Waals surface area contributed by atoms with Crippen molar-refractivity contribution in [1.82, 2.24) is 0 Å². The van der Waals surface area contributed by atoms with Gasteiger partial charge in [0.05, 0.1) is 21.3 Å². The maximum atomic E-state index is 13.3. The largest absolute Gasteiger partial charge is 0.506 e. The van der Waals surface area contributed by atoms with Crippen molar-refractivity contribution >= 4 is 44.6 Å². The molecule has 0 fully saturated rings. The summed E-state index contributed by atoms with van der Waals surface area (Å²) in [6, 6.07) is 17.3. The number of unbranched alkanes of at least 4 members (excludes halogenated alkanes) is 1. The second-order valence-corrected chi connectivity index (χ2v) is 10.7. The second-order valence-electron chi connectivity index (χ2n) is 8.15. The number of amides is 2. The third-order valence-corrected chi connectivity index (χ3v) is 7.85. The molecule has 3 rings (SSSR count). The Hall–Kier alpha value is -3.36. The van der Waals surface area contributed by atoms with E-state index >= 15 is 0 Å². The van der Waals surface area contributed by atoms with Crippen LogP contribution in [0.3, 0.4) is 0 Å². The van der Waals surface area contributed by atoms with E-state index in [1.807, 2.05) is 6.92 Å². The van der Waals surface area contributed by atoms with Gasteiger partial charge in [0, 0.05) is 11.6 Å². The fraction of sp³-hybridized carbons (Fsp3) is 0.231. The maximum Gasteiger partial charge on any atom is 0.255 e. The number of halogens is 1. The Kier molecular flexibility index (Phi) is 8.53. The lowest BCUT2D eigenvalue weighted by Crippen LogP contribution is -2.35. The Labute approximate surface area is 210 Å². The molecule has 3 aromatic carbocycles. The van der Waals surface area contributed by atoms with Crippen LogP contribution < -0.4 is 10.6 Å². The van der Waals surface area contributed by atoms with Gasteiger partial charge in [0.2, 0.25) is 5.91 Å². The molecule has 1 unspecified atom stereocenters. The fourth-order valence-electron chi connectivity index (χ4n) is 3.53. The number of phenolic OH excluding ortho intramolecular Hbond substituents is 1. The Morgan fingerprint density at radius 2 is 1.69 bits per heavy atom. The van der Waals surface area contributed by atoms with Crippen LogP contribution in [0.2, 0.25) is 5.02 Å². The molecular formula is C26H27ClN2O5S. The molecule has 35 heavy (non-hydrogen) atoms. The van der Waals surface area contributed by atoms with E-state index in [0.717, 1.165) is 5.56 Å². The number of hydrogen-bond donors (Lipinski definition) is 3. The van der Waals surface area contributed by atoms with Crippen LogP contribution in [-0.4, -0.2) is 30.6 Å². The summed E-state index contributed by atoms with van der Waals surface area (Å²) in [5.74, 6) is -1.53. The number of carbonyl (C=O) groups excluding carboxylic acids is 2. The molecule has 0 bridgehead atoms. The summed E-state index contributed by atoms with van der Waals surface area (Å²) in [7, 11) is -3.97. The average molecular weight is 515 g/mol. The van der Waals surface area contributed by atoms with Gasteiger partial charge in [-0.05, 0) is 49.2 Å². The summed E-state index contributed by atoms with van der Waals surface area (Å²) in [6.07, 6.45) is 1.38. The molecule has 0 saturated carbocycles. The van der Waals surface area contributed by atoms with Crippen molar-refractivity contribution in [3.63, 3.8) is 0 Å². The number of aromatic hydroxyl groups is 1. The molecule has 3 aromatic rings. The molecule has 2 amide bonds. The molecule has 0 aliphatic heterocycles.